The van der Waals surface area contributed by atoms with E-state index in [-0.39, 0.29) is 11.8 Å². The second-order valence-corrected chi connectivity index (χ2v) is 35.4. The van der Waals surface area contributed by atoms with Crippen molar-refractivity contribution >= 4 is 45.4 Å². The van der Waals surface area contributed by atoms with Crippen LogP contribution in [0.2, 0.25) is 0 Å². The van der Waals surface area contributed by atoms with Gasteiger partial charge in [-0.3, -0.25) is 0 Å². The van der Waals surface area contributed by atoms with Crippen LogP contribution in [-0.4, -0.2) is 12.6 Å². The van der Waals surface area contributed by atoms with Gasteiger partial charge in [0.15, 0.2) is 0 Å². The van der Waals surface area contributed by atoms with Crippen LogP contribution in [0.15, 0.2) is 103 Å². The summed E-state index contributed by atoms with van der Waals surface area (Å²) >= 11 is -5.09. The molecule has 0 bridgehead atoms. The van der Waals surface area contributed by atoms with Crippen LogP contribution in [0.1, 0.15) is 43.2 Å². The number of amides is 1. The fourth-order valence-corrected chi connectivity index (χ4v) is 32.5. The molecule has 1 N–H and O–H groups in total. The van der Waals surface area contributed by atoms with Crippen LogP contribution in [0.4, 0.5) is 0 Å². The summed E-state index contributed by atoms with van der Waals surface area (Å²) in [5.74, 6) is 0.0172. The first-order valence-electron chi connectivity index (χ1n) is 13.7. The molecule has 0 unspecified atom stereocenters. The molecular weight excluding hydrogens is 561 g/mol. The monoisotopic (exact) mass is 592 g/mol. The van der Waals surface area contributed by atoms with Gasteiger partial charge < -0.3 is 0 Å². The minimum absolute atomic E-state index is 0.0283. The summed E-state index contributed by atoms with van der Waals surface area (Å²) in [4.78, 5) is 14.1. The number of fused-ring (bicyclic) bond motifs is 3. The third kappa shape index (κ3) is 4.63. The predicted octanol–water partition coefficient (Wildman–Crippen LogP) is 6.03. The van der Waals surface area contributed by atoms with Crippen molar-refractivity contribution in [2.75, 3.05) is 0 Å². The first kappa shape index (κ1) is 26.1. The Morgan fingerprint density at radius 1 is 0.711 bits per heavy atom. The van der Waals surface area contributed by atoms with Crippen LogP contribution in [0.3, 0.4) is 0 Å². The fourth-order valence-electron chi connectivity index (χ4n) is 6.64. The molecule has 4 aromatic carbocycles. The number of halogens is 2. The molecule has 1 saturated carbocycles. The van der Waals surface area contributed by atoms with Gasteiger partial charge in [0.1, 0.15) is 0 Å². The summed E-state index contributed by atoms with van der Waals surface area (Å²) in [6, 6.07) is 35.9. The zero-order chi connectivity index (χ0) is 26.2. The van der Waals surface area contributed by atoms with Crippen molar-refractivity contribution in [1.29, 1.82) is 0 Å². The molecule has 0 spiro atoms. The normalized spacial score (nSPS) is 16.3. The van der Waals surface area contributed by atoms with Gasteiger partial charge in [-0.1, -0.05) is 0 Å². The molecular formula is C32H32Cl2NOSiTi. The molecule has 6 heteroatoms. The van der Waals surface area contributed by atoms with Crippen LogP contribution < -0.4 is 18.0 Å². The molecule has 0 radical (unpaired) electrons. The Bertz CT molecular complexity index is 1430. The van der Waals surface area contributed by atoms with Crippen molar-refractivity contribution in [2.45, 2.75) is 38.5 Å². The maximum atomic E-state index is 14.1. The number of carbonyl (C=O) groups excluding carboxylic acids is 1. The van der Waals surface area contributed by atoms with Gasteiger partial charge in [-0.25, -0.2) is 0 Å². The molecule has 0 heterocycles. The van der Waals surface area contributed by atoms with E-state index in [1.54, 1.807) is 0 Å². The molecule has 0 atom stereocenters. The van der Waals surface area contributed by atoms with Crippen LogP contribution in [0.5, 0.6) is 0 Å². The average Bonchev–Trinajstić information content (AvgIpc) is 3.33. The van der Waals surface area contributed by atoms with Gasteiger partial charge in [-0.05, 0) is 0 Å². The van der Waals surface area contributed by atoms with E-state index in [2.05, 4.69) is 94.8 Å². The summed E-state index contributed by atoms with van der Waals surface area (Å²) < 4.78 is 4.55. The number of nitrogens with one attached hydrogen (secondary N) is 1. The van der Waals surface area contributed by atoms with E-state index < -0.39 is 19.4 Å². The first-order valence-corrected chi connectivity index (χ1v) is 23.9. The molecule has 0 aromatic heterocycles. The van der Waals surface area contributed by atoms with E-state index >= 15 is 0 Å². The zero-order valence-corrected chi connectivity index (χ0v) is 25.6. The van der Waals surface area contributed by atoms with E-state index in [4.69, 9.17) is 18.6 Å². The van der Waals surface area contributed by atoms with Crippen LogP contribution in [-0.2, 0) is 23.9 Å². The van der Waals surface area contributed by atoms with Gasteiger partial charge >= 0.3 is 237 Å². The molecule has 6 rings (SSSR count). The van der Waals surface area contributed by atoms with Crippen LogP contribution >= 0.6 is 18.6 Å². The van der Waals surface area contributed by atoms with Gasteiger partial charge in [-0.2, -0.15) is 0 Å². The zero-order valence-electron chi connectivity index (χ0n) is 21.4. The van der Waals surface area contributed by atoms with Gasteiger partial charge in [0.25, 0.3) is 0 Å². The van der Waals surface area contributed by atoms with Gasteiger partial charge in [0.05, 0.1) is 0 Å². The van der Waals surface area contributed by atoms with Crippen LogP contribution in [0.25, 0.3) is 11.1 Å². The van der Waals surface area contributed by atoms with Crippen molar-refractivity contribution in [3.63, 3.8) is 0 Å². The Morgan fingerprint density at radius 3 is 1.95 bits per heavy atom. The van der Waals surface area contributed by atoms with Crippen LogP contribution in [0, 0.1) is 5.92 Å². The second kappa shape index (κ2) is 10.4. The Labute approximate surface area is 235 Å². The Kier molecular flexibility index (Phi) is 7.17. The molecule has 38 heavy (non-hydrogen) atoms. The molecule has 0 aliphatic heterocycles. The molecule has 2 nitrogen and oxygen atoms in total. The molecule has 1 fully saturated rings. The van der Waals surface area contributed by atoms with Crippen molar-refractivity contribution in [2.24, 2.45) is 5.92 Å². The van der Waals surface area contributed by atoms with Gasteiger partial charge in [0, 0.05) is 0 Å². The summed E-state index contributed by atoms with van der Waals surface area (Å²) in [5, 5.41) is 2.33. The number of hydrogen-bond acceptors (Lipinski definition) is 1. The quantitative estimate of drug-likeness (QED) is 0.240. The topological polar surface area (TPSA) is 29.1 Å². The molecule has 0 saturated heterocycles. The van der Waals surface area contributed by atoms with Crippen molar-refractivity contribution in [3.8, 4) is 11.1 Å². The molecule has 2 aliphatic carbocycles. The summed E-state index contributed by atoms with van der Waals surface area (Å²) in [7, 11) is 16.4. The van der Waals surface area contributed by atoms with E-state index in [1.165, 1.54) is 28.7 Å². The summed E-state index contributed by atoms with van der Waals surface area (Å²) in [5.41, 5.74) is 4.90. The van der Waals surface area contributed by atoms with Gasteiger partial charge in [0.2, 0.25) is 0 Å². The maximum absolute atomic E-state index is 14.1. The SMILES string of the molecule is O=C([NH][Ti]([Cl])([Cl])([c]1cccc2c1Cc1ccccc1-2)[SiH](c1ccccc1)c1ccccc1)C1CCCCC1. The van der Waals surface area contributed by atoms with E-state index in [0.29, 0.717) is 0 Å². The number of hydrogen-bond donors (Lipinski definition) is 1. The Morgan fingerprint density at radius 2 is 1.29 bits per heavy atom. The Balaban J connectivity index is 1.59. The van der Waals surface area contributed by atoms with Crippen molar-refractivity contribution in [3.05, 3.63) is 114 Å². The molecule has 1 amide bonds. The molecule has 193 valence electrons. The third-order valence-corrected chi connectivity index (χ3v) is 32.5. The molecule has 2 aliphatic rings. The van der Waals surface area contributed by atoms with E-state index in [0.717, 1.165) is 46.3 Å². The van der Waals surface area contributed by atoms with Gasteiger partial charge in [-0.15, -0.1) is 0 Å². The second-order valence-electron chi connectivity index (χ2n) is 10.8. The minimum atomic E-state index is -5.09. The third-order valence-electron chi connectivity index (χ3n) is 8.45. The first-order chi connectivity index (χ1) is 18.4. The summed E-state index contributed by atoms with van der Waals surface area (Å²) in [6.07, 6.45) is 5.95. The van der Waals surface area contributed by atoms with E-state index in [9.17, 15) is 4.79 Å². The Hall–Kier alpha value is -2.14. The average molecular weight is 593 g/mol. The fraction of sp³-hybridized carbons (Fsp3) is 0.219. The number of rotatable bonds is 6. The van der Waals surface area contributed by atoms with Crippen molar-refractivity contribution < 1.29 is 17.5 Å². The van der Waals surface area contributed by atoms with E-state index in [1.807, 2.05) is 12.1 Å². The predicted molar refractivity (Wildman–Crippen MR) is 160 cm³/mol. The standard InChI is InChI=1S/C13H9.C12H11Si.C7H13NO.2ClH.Ti/c1-3-7-12-10(5-1)9-11-6-2-4-8-13(11)12;1-3-7-11(8-4-1)13-12-9-5-2-6-10-12;8-7(9)6-4-2-1-3-5-6;;;/h1-5,7-8H,9H2;1-10,13H;6H,1-5H2,(H2,8,9);2*1H;/q;;;;;+3/p-3. The van der Waals surface area contributed by atoms with Crippen molar-refractivity contribution in [1.82, 2.24) is 3.80 Å². The summed E-state index contributed by atoms with van der Waals surface area (Å²) in [6.45, 7) is -2.37. The number of carbonyl (C=O) groups is 1. The number of benzene rings is 4. The molecule has 4 aromatic rings.